The number of aliphatic hydroxyl groups is 1. The Morgan fingerprint density at radius 1 is 1.43 bits per heavy atom. The summed E-state index contributed by atoms with van der Waals surface area (Å²) in [6.45, 7) is 7.03. The molecule has 1 rings (SSSR count). The van der Waals surface area contributed by atoms with Crippen molar-refractivity contribution in [2.24, 2.45) is 5.41 Å². The predicted molar refractivity (Wildman–Crippen MR) is 57.3 cm³/mol. The summed E-state index contributed by atoms with van der Waals surface area (Å²) in [7, 11) is 0. The first-order valence-corrected chi connectivity index (χ1v) is 5.57. The Balaban J connectivity index is 2.08. The molecule has 0 bridgehead atoms. The van der Waals surface area contributed by atoms with Gasteiger partial charge in [-0.15, -0.1) is 0 Å². The molecule has 14 heavy (non-hydrogen) atoms. The predicted octanol–water partition coefficient (Wildman–Crippen LogP) is 1.16. The molecular weight excluding hydrogens is 178 g/mol. The van der Waals surface area contributed by atoms with Gasteiger partial charge in [-0.3, -0.25) is 0 Å². The number of ether oxygens (including phenoxy) is 1. The lowest BCUT2D eigenvalue weighted by Gasteiger charge is -2.26. The maximum Gasteiger partial charge on any atom is 0.0699 e. The molecule has 0 spiro atoms. The summed E-state index contributed by atoms with van der Waals surface area (Å²) in [4.78, 5) is 0. The summed E-state index contributed by atoms with van der Waals surface area (Å²) in [6, 6.07) is 0. The Hall–Kier alpha value is -0.120. The Bertz CT molecular complexity index is 153. The Labute approximate surface area is 86.8 Å². The Kier molecular flexibility index (Phi) is 4.85. The molecule has 1 fully saturated rings. The second kappa shape index (κ2) is 5.69. The summed E-state index contributed by atoms with van der Waals surface area (Å²) in [5, 5.41) is 12.4. The molecule has 1 atom stereocenters. The van der Waals surface area contributed by atoms with E-state index in [2.05, 4.69) is 19.2 Å². The van der Waals surface area contributed by atoms with E-state index in [4.69, 9.17) is 9.84 Å². The molecule has 1 saturated heterocycles. The fourth-order valence-corrected chi connectivity index (χ4v) is 1.60. The van der Waals surface area contributed by atoms with Gasteiger partial charge in [-0.2, -0.15) is 0 Å². The van der Waals surface area contributed by atoms with E-state index >= 15 is 0 Å². The summed E-state index contributed by atoms with van der Waals surface area (Å²) in [5.41, 5.74) is -0.0192. The van der Waals surface area contributed by atoms with Crippen molar-refractivity contribution < 1.29 is 9.84 Å². The SMILES string of the molecule is CC(C)(CO)CNCC1CCCCO1. The first-order valence-electron chi connectivity index (χ1n) is 5.57. The highest BCUT2D eigenvalue weighted by atomic mass is 16.5. The van der Waals surface area contributed by atoms with E-state index in [1.807, 2.05) is 0 Å². The van der Waals surface area contributed by atoms with Crippen molar-refractivity contribution in [3.05, 3.63) is 0 Å². The van der Waals surface area contributed by atoms with Crippen LogP contribution < -0.4 is 5.32 Å². The summed E-state index contributed by atoms with van der Waals surface area (Å²) < 4.78 is 5.60. The minimum atomic E-state index is -0.0192. The third kappa shape index (κ3) is 4.40. The van der Waals surface area contributed by atoms with Gasteiger partial charge in [0.2, 0.25) is 0 Å². The fourth-order valence-electron chi connectivity index (χ4n) is 1.60. The molecule has 0 saturated carbocycles. The molecule has 0 aromatic heterocycles. The van der Waals surface area contributed by atoms with Crippen molar-refractivity contribution >= 4 is 0 Å². The average Bonchev–Trinajstić information content (AvgIpc) is 2.19. The van der Waals surface area contributed by atoms with Crippen molar-refractivity contribution in [2.45, 2.75) is 39.2 Å². The van der Waals surface area contributed by atoms with Crippen LogP contribution in [0.5, 0.6) is 0 Å². The van der Waals surface area contributed by atoms with Gasteiger partial charge in [0.25, 0.3) is 0 Å². The monoisotopic (exact) mass is 201 g/mol. The molecule has 0 aliphatic carbocycles. The third-order valence-corrected chi connectivity index (χ3v) is 2.68. The van der Waals surface area contributed by atoms with Crippen molar-refractivity contribution in [1.82, 2.24) is 5.32 Å². The van der Waals surface area contributed by atoms with Crippen LogP contribution in [-0.2, 0) is 4.74 Å². The zero-order valence-electron chi connectivity index (χ0n) is 9.38. The van der Waals surface area contributed by atoms with Crippen LogP contribution in [0.4, 0.5) is 0 Å². The van der Waals surface area contributed by atoms with E-state index in [-0.39, 0.29) is 12.0 Å². The molecule has 3 nitrogen and oxygen atoms in total. The lowest BCUT2D eigenvalue weighted by atomic mass is 9.95. The van der Waals surface area contributed by atoms with E-state index in [9.17, 15) is 0 Å². The van der Waals surface area contributed by atoms with Gasteiger partial charge in [-0.25, -0.2) is 0 Å². The zero-order valence-corrected chi connectivity index (χ0v) is 9.38. The lowest BCUT2D eigenvalue weighted by Crippen LogP contribution is -2.38. The fraction of sp³-hybridized carbons (Fsp3) is 1.00. The third-order valence-electron chi connectivity index (χ3n) is 2.68. The summed E-state index contributed by atoms with van der Waals surface area (Å²) in [5.74, 6) is 0. The van der Waals surface area contributed by atoms with Crippen LogP contribution in [-0.4, -0.2) is 37.5 Å². The normalized spacial score (nSPS) is 23.8. The summed E-state index contributed by atoms with van der Waals surface area (Å²) >= 11 is 0. The van der Waals surface area contributed by atoms with E-state index in [1.165, 1.54) is 19.3 Å². The molecule has 0 radical (unpaired) electrons. The smallest absolute Gasteiger partial charge is 0.0699 e. The molecule has 1 unspecified atom stereocenters. The highest BCUT2D eigenvalue weighted by Gasteiger charge is 2.18. The minimum absolute atomic E-state index is 0.0192. The topological polar surface area (TPSA) is 41.5 Å². The zero-order chi connectivity index (χ0) is 10.4. The molecule has 0 aromatic carbocycles. The van der Waals surface area contributed by atoms with Gasteiger partial charge in [0.1, 0.15) is 0 Å². The largest absolute Gasteiger partial charge is 0.396 e. The first kappa shape index (κ1) is 12.0. The van der Waals surface area contributed by atoms with Crippen LogP contribution in [0.1, 0.15) is 33.1 Å². The molecular formula is C11H23NO2. The summed E-state index contributed by atoms with van der Waals surface area (Å²) in [6.07, 6.45) is 4.05. The van der Waals surface area contributed by atoms with E-state index in [1.54, 1.807) is 0 Å². The van der Waals surface area contributed by atoms with Crippen LogP contribution in [0, 0.1) is 5.41 Å². The molecule has 2 N–H and O–H groups in total. The molecule has 0 amide bonds. The second-order valence-corrected chi connectivity index (χ2v) is 4.94. The number of rotatable bonds is 5. The molecule has 1 aliphatic rings. The molecule has 0 aromatic rings. The lowest BCUT2D eigenvalue weighted by molar-refractivity contribution is 0.0148. The van der Waals surface area contributed by atoms with Crippen molar-refractivity contribution in [3.63, 3.8) is 0 Å². The number of aliphatic hydroxyl groups excluding tert-OH is 1. The Morgan fingerprint density at radius 2 is 2.21 bits per heavy atom. The maximum atomic E-state index is 9.06. The quantitative estimate of drug-likeness (QED) is 0.701. The van der Waals surface area contributed by atoms with E-state index in [0.29, 0.717) is 6.10 Å². The maximum absolute atomic E-state index is 9.06. The van der Waals surface area contributed by atoms with Crippen molar-refractivity contribution in [1.29, 1.82) is 0 Å². The highest BCUT2D eigenvalue weighted by Crippen LogP contribution is 2.14. The standard InChI is InChI=1S/C11H23NO2/c1-11(2,9-13)8-12-7-10-5-3-4-6-14-10/h10,12-13H,3-9H2,1-2H3. The molecule has 3 heteroatoms. The van der Waals surface area contributed by atoms with Gasteiger partial charge in [0, 0.05) is 31.7 Å². The van der Waals surface area contributed by atoms with Crippen LogP contribution in [0.15, 0.2) is 0 Å². The number of hydrogen-bond donors (Lipinski definition) is 2. The highest BCUT2D eigenvalue weighted by molar-refractivity contribution is 4.73. The number of nitrogens with one attached hydrogen (secondary N) is 1. The van der Waals surface area contributed by atoms with Gasteiger partial charge in [0.05, 0.1) is 6.10 Å². The van der Waals surface area contributed by atoms with Crippen molar-refractivity contribution in [3.8, 4) is 0 Å². The van der Waals surface area contributed by atoms with Crippen molar-refractivity contribution in [2.75, 3.05) is 26.3 Å². The van der Waals surface area contributed by atoms with E-state index < -0.39 is 0 Å². The minimum Gasteiger partial charge on any atom is -0.396 e. The Morgan fingerprint density at radius 3 is 2.79 bits per heavy atom. The van der Waals surface area contributed by atoms with Crippen LogP contribution in [0.3, 0.4) is 0 Å². The van der Waals surface area contributed by atoms with Gasteiger partial charge >= 0.3 is 0 Å². The average molecular weight is 201 g/mol. The van der Waals surface area contributed by atoms with Crippen LogP contribution in [0.2, 0.25) is 0 Å². The van der Waals surface area contributed by atoms with Crippen LogP contribution in [0.25, 0.3) is 0 Å². The van der Waals surface area contributed by atoms with Gasteiger partial charge in [-0.05, 0) is 19.3 Å². The molecule has 84 valence electrons. The number of hydrogen-bond acceptors (Lipinski definition) is 3. The van der Waals surface area contributed by atoms with Crippen LogP contribution >= 0.6 is 0 Å². The second-order valence-electron chi connectivity index (χ2n) is 4.94. The van der Waals surface area contributed by atoms with Gasteiger partial charge < -0.3 is 15.2 Å². The van der Waals surface area contributed by atoms with E-state index in [0.717, 1.165) is 19.7 Å². The molecule has 1 heterocycles. The van der Waals surface area contributed by atoms with Gasteiger partial charge in [0.15, 0.2) is 0 Å². The molecule has 1 aliphatic heterocycles. The first-order chi connectivity index (χ1) is 6.64. The van der Waals surface area contributed by atoms with Gasteiger partial charge in [-0.1, -0.05) is 13.8 Å².